The fraction of sp³-hybridized carbons (Fsp3) is 0.556. The van der Waals surface area contributed by atoms with E-state index in [-0.39, 0.29) is 49.0 Å². The number of likely N-dealkylation sites (tertiary alicyclic amines) is 1. The van der Waals surface area contributed by atoms with Crippen molar-refractivity contribution in [2.45, 2.75) is 105 Å². The van der Waals surface area contributed by atoms with Gasteiger partial charge < -0.3 is 29.5 Å². The van der Waals surface area contributed by atoms with Gasteiger partial charge in [-0.1, -0.05) is 36.8 Å². The van der Waals surface area contributed by atoms with Crippen molar-refractivity contribution in [3.63, 3.8) is 0 Å². The summed E-state index contributed by atoms with van der Waals surface area (Å²) in [6.07, 6.45) is 1.47. The number of piperidine rings is 1. The predicted molar refractivity (Wildman–Crippen MR) is 178 cm³/mol. The van der Waals surface area contributed by atoms with Crippen molar-refractivity contribution < 1.29 is 28.7 Å². The second-order valence-corrected chi connectivity index (χ2v) is 13.8. The first-order valence-electron chi connectivity index (χ1n) is 16.4. The maximum atomic E-state index is 14.4. The molecule has 2 aromatic carbocycles. The number of aryl methyl sites for hydroxylation is 2. The molecule has 1 saturated heterocycles. The van der Waals surface area contributed by atoms with Crippen LogP contribution in [0.5, 0.6) is 5.75 Å². The van der Waals surface area contributed by atoms with E-state index in [1.807, 2.05) is 83.7 Å². The Kier molecular flexibility index (Phi) is 10.4. The molecule has 4 rings (SSSR count). The van der Waals surface area contributed by atoms with E-state index in [4.69, 9.17) is 9.47 Å². The summed E-state index contributed by atoms with van der Waals surface area (Å²) in [5.41, 5.74) is 1.47. The van der Waals surface area contributed by atoms with Gasteiger partial charge in [-0.3, -0.25) is 14.4 Å². The predicted octanol–water partition coefficient (Wildman–Crippen LogP) is 5.72. The van der Waals surface area contributed by atoms with E-state index < -0.39 is 11.2 Å². The number of carbonyl (C=O) groups excluding carboxylic acids is 4. The van der Waals surface area contributed by atoms with Crippen LogP contribution in [0.15, 0.2) is 36.4 Å². The number of fused-ring (bicyclic) bond motifs is 1. The number of amides is 4. The molecule has 2 heterocycles. The Labute approximate surface area is 273 Å². The van der Waals surface area contributed by atoms with Gasteiger partial charge in [-0.25, -0.2) is 4.79 Å². The zero-order valence-corrected chi connectivity index (χ0v) is 28.9. The Morgan fingerprint density at radius 1 is 1.15 bits per heavy atom. The van der Waals surface area contributed by atoms with E-state index in [1.54, 1.807) is 29.7 Å². The molecule has 2 aromatic rings. The molecule has 10 heteroatoms. The van der Waals surface area contributed by atoms with Crippen LogP contribution >= 0.6 is 0 Å². The SMILES string of the molecule is CCC(=O)NCCN1C(=O)C(C)(c2cccc(C)c2)Oc2cc(C)c(C(=O)N(C(C)C)[C@@H]3CCCN(C(=O)OC(C)(C)C)C3)cc21. The largest absolute Gasteiger partial charge is 0.471 e. The first kappa shape index (κ1) is 34.8. The van der Waals surface area contributed by atoms with Gasteiger partial charge in [0.2, 0.25) is 11.5 Å². The van der Waals surface area contributed by atoms with Crippen LogP contribution in [0.3, 0.4) is 0 Å². The topological polar surface area (TPSA) is 108 Å². The van der Waals surface area contributed by atoms with Gasteiger partial charge in [0, 0.05) is 49.8 Å². The molecular formula is C36H50N4O6. The summed E-state index contributed by atoms with van der Waals surface area (Å²) < 4.78 is 12.1. The number of ether oxygens (including phenoxy) is 2. The molecule has 1 unspecified atom stereocenters. The fourth-order valence-corrected chi connectivity index (χ4v) is 6.24. The van der Waals surface area contributed by atoms with Gasteiger partial charge >= 0.3 is 6.09 Å². The normalized spacial score (nSPS) is 19.8. The van der Waals surface area contributed by atoms with E-state index in [0.717, 1.165) is 29.5 Å². The molecule has 0 aromatic heterocycles. The van der Waals surface area contributed by atoms with Crippen molar-refractivity contribution in [1.29, 1.82) is 0 Å². The second-order valence-electron chi connectivity index (χ2n) is 13.8. The molecule has 0 spiro atoms. The Hall–Kier alpha value is -4.08. The quantitative estimate of drug-likeness (QED) is 0.398. The van der Waals surface area contributed by atoms with Crippen LogP contribution in [-0.4, -0.2) is 77.5 Å². The monoisotopic (exact) mass is 634 g/mol. The van der Waals surface area contributed by atoms with Crippen LogP contribution in [0.1, 0.15) is 94.8 Å². The highest BCUT2D eigenvalue weighted by atomic mass is 16.6. The maximum absolute atomic E-state index is 14.4. The molecule has 4 amide bonds. The lowest BCUT2D eigenvalue weighted by Gasteiger charge is -2.43. The molecule has 0 radical (unpaired) electrons. The van der Waals surface area contributed by atoms with Crippen LogP contribution in [0.25, 0.3) is 0 Å². The van der Waals surface area contributed by atoms with Crippen LogP contribution < -0.4 is 15.0 Å². The third kappa shape index (κ3) is 7.48. The molecule has 0 bridgehead atoms. The lowest BCUT2D eigenvalue weighted by molar-refractivity contribution is -0.135. The number of benzene rings is 2. The molecule has 0 aliphatic carbocycles. The molecule has 10 nitrogen and oxygen atoms in total. The van der Waals surface area contributed by atoms with E-state index in [2.05, 4.69) is 5.32 Å². The first-order chi connectivity index (χ1) is 21.6. The Balaban J connectivity index is 1.71. The summed E-state index contributed by atoms with van der Waals surface area (Å²) in [4.78, 5) is 58.8. The fourth-order valence-electron chi connectivity index (χ4n) is 6.24. The van der Waals surface area contributed by atoms with Gasteiger partial charge in [0.1, 0.15) is 11.4 Å². The summed E-state index contributed by atoms with van der Waals surface area (Å²) >= 11 is 0. The number of hydrogen-bond acceptors (Lipinski definition) is 6. The number of anilines is 1. The molecule has 2 aliphatic heterocycles. The number of rotatable bonds is 8. The summed E-state index contributed by atoms with van der Waals surface area (Å²) in [6.45, 7) is 18.3. The van der Waals surface area contributed by atoms with Crippen LogP contribution in [0.4, 0.5) is 10.5 Å². The van der Waals surface area contributed by atoms with Crippen molar-refractivity contribution in [3.05, 3.63) is 58.7 Å². The van der Waals surface area contributed by atoms with Gasteiger partial charge in [-0.05, 0) is 85.9 Å². The zero-order chi connectivity index (χ0) is 34.0. The van der Waals surface area contributed by atoms with Crippen molar-refractivity contribution in [3.8, 4) is 5.75 Å². The number of nitrogens with zero attached hydrogens (tertiary/aromatic N) is 3. The lowest BCUT2D eigenvalue weighted by Crippen LogP contribution is -2.55. The Bertz CT molecular complexity index is 1480. The molecule has 2 atom stereocenters. The van der Waals surface area contributed by atoms with Crippen molar-refractivity contribution in [2.75, 3.05) is 31.1 Å². The van der Waals surface area contributed by atoms with Gasteiger partial charge in [0.05, 0.1) is 11.7 Å². The standard InChI is InChI=1S/C36H50N4O6/c1-10-31(41)37-16-18-39-29-21-28(25(5)20-30(29)45-36(9,33(39)43)26-14-11-13-24(4)19-26)32(42)40(23(2)3)27-15-12-17-38(22-27)34(44)46-35(6,7)8/h11,13-14,19-21,23,27H,10,12,15-18,22H2,1-9H3,(H,37,41)/t27-,36?/m1/s1. The molecular weight excluding hydrogens is 584 g/mol. The van der Waals surface area contributed by atoms with Crippen molar-refractivity contribution in [1.82, 2.24) is 15.1 Å². The average Bonchev–Trinajstić information content (AvgIpc) is 2.98. The van der Waals surface area contributed by atoms with E-state index in [0.29, 0.717) is 36.5 Å². The third-order valence-electron chi connectivity index (χ3n) is 8.57. The maximum Gasteiger partial charge on any atom is 0.410 e. The van der Waals surface area contributed by atoms with Crippen LogP contribution in [0.2, 0.25) is 0 Å². The highest BCUT2D eigenvalue weighted by molar-refractivity contribution is 6.05. The Morgan fingerprint density at radius 3 is 2.50 bits per heavy atom. The van der Waals surface area contributed by atoms with Gasteiger partial charge in [0.25, 0.3) is 11.8 Å². The summed E-state index contributed by atoms with van der Waals surface area (Å²) in [5.74, 6) is -0.0726. The number of nitrogens with one attached hydrogen (secondary N) is 1. The molecule has 0 saturated carbocycles. The van der Waals surface area contributed by atoms with Crippen LogP contribution in [-0.2, 0) is 19.9 Å². The second kappa shape index (κ2) is 13.7. The van der Waals surface area contributed by atoms with E-state index in [1.165, 1.54) is 0 Å². The van der Waals surface area contributed by atoms with Gasteiger partial charge in [-0.15, -0.1) is 0 Å². The molecule has 2 aliphatic rings. The summed E-state index contributed by atoms with van der Waals surface area (Å²) in [6, 6.07) is 10.9. The summed E-state index contributed by atoms with van der Waals surface area (Å²) in [5, 5.41) is 2.87. The number of carbonyl (C=O) groups is 4. The molecule has 250 valence electrons. The highest BCUT2D eigenvalue weighted by Gasteiger charge is 2.47. The third-order valence-corrected chi connectivity index (χ3v) is 8.57. The van der Waals surface area contributed by atoms with E-state index in [9.17, 15) is 19.2 Å². The first-order valence-corrected chi connectivity index (χ1v) is 16.4. The van der Waals surface area contributed by atoms with Gasteiger partial charge in [-0.2, -0.15) is 0 Å². The molecule has 1 fully saturated rings. The van der Waals surface area contributed by atoms with Crippen LogP contribution in [0, 0.1) is 13.8 Å². The molecule has 46 heavy (non-hydrogen) atoms. The highest BCUT2D eigenvalue weighted by Crippen LogP contribution is 2.44. The van der Waals surface area contributed by atoms with Crippen molar-refractivity contribution in [2.24, 2.45) is 0 Å². The number of hydrogen-bond donors (Lipinski definition) is 1. The molecule has 1 N–H and O–H groups in total. The minimum Gasteiger partial charge on any atom is -0.471 e. The Morgan fingerprint density at radius 2 is 1.87 bits per heavy atom. The smallest absolute Gasteiger partial charge is 0.410 e. The van der Waals surface area contributed by atoms with Crippen molar-refractivity contribution >= 4 is 29.5 Å². The minimum absolute atomic E-state index is 0.109. The van der Waals surface area contributed by atoms with E-state index >= 15 is 0 Å². The average molecular weight is 635 g/mol. The zero-order valence-electron chi connectivity index (χ0n) is 28.9. The minimum atomic E-state index is -1.30. The van der Waals surface area contributed by atoms with Gasteiger partial charge in [0.15, 0.2) is 0 Å². The summed E-state index contributed by atoms with van der Waals surface area (Å²) in [7, 11) is 0. The lowest BCUT2D eigenvalue weighted by atomic mass is 9.90.